The lowest BCUT2D eigenvalue weighted by Crippen LogP contribution is -2.24. The Labute approximate surface area is 137 Å². The van der Waals surface area contributed by atoms with Crippen molar-refractivity contribution in [3.8, 4) is 0 Å². The molecule has 2 aliphatic rings. The predicted molar refractivity (Wildman–Crippen MR) is 95.5 cm³/mol. The van der Waals surface area contributed by atoms with E-state index < -0.39 is 5.60 Å². The highest BCUT2D eigenvalue weighted by Crippen LogP contribution is 2.34. The third-order valence-electron chi connectivity index (χ3n) is 5.57. The number of fused-ring (bicyclic) bond motifs is 1. The zero-order valence-corrected chi connectivity index (χ0v) is 13.7. The van der Waals surface area contributed by atoms with Crippen LogP contribution in [0.25, 0.3) is 16.5 Å². The fraction of sp³-hybridized carbons (Fsp3) is 0.500. The van der Waals surface area contributed by atoms with Crippen LogP contribution in [0.5, 0.6) is 0 Å². The highest BCUT2D eigenvalue weighted by Gasteiger charge is 2.30. The van der Waals surface area contributed by atoms with Crippen LogP contribution in [0, 0.1) is 0 Å². The van der Waals surface area contributed by atoms with Crippen molar-refractivity contribution in [2.45, 2.75) is 50.5 Å². The van der Waals surface area contributed by atoms with Gasteiger partial charge in [-0.25, -0.2) is 0 Å². The zero-order chi connectivity index (χ0) is 15.7. The van der Waals surface area contributed by atoms with Gasteiger partial charge >= 0.3 is 0 Å². The molecule has 0 radical (unpaired) electrons. The Morgan fingerprint density at radius 2 is 2.04 bits per heavy atom. The Morgan fingerprint density at radius 1 is 1.17 bits per heavy atom. The van der Waals surface area contributed by atoms with E-state index >= 15 is 0 Å². The molecule has 0 bridgehead atoms. The average Bonchev–Trinajstić information content (AvgIpc) is 3.20. The summed E-state index contributed by atoms with van der Waals surface area (Å²) in [6.45, 7) is 2.03. The maximum absolute atomic E-state index is 10.6. The van der Waals surface area contributed by atoms with E-state index in [1.165, 1.54) is 40.4 Å². The van der Waals surface area contributed by atoms with E-state index in [0.717, 1.165) is 45.2 Å². The number of aromatic amines is 1. The van der Waals surface area contributed by atoms with Gasteiger partial charge in [0.2, 0.25) is 0 Å². The Balaban J connectivity index is 1.58. The molecule has 1 saturated carbocycles. The summed E-state index contributed by atoms with van der Waals surface area (Å²) in [7, 11) is 0. The number of hydrogen-bond donors (Lipinski definition) is 3. The standard InChI is InChI=1S/C20H26N2O/c23-20(8-1-2-9-20)10-5-15-3-4-19-17(13-15)18(14-22-19)16-6-11-21-12-7-16/h3-4,6,13-14,21-23H,1-2,5,7-12H2. The van der Waals surface area contributed by atoms with Gasteiger partial charge in [0.15, 0.2) is 0 Å². The molecule has 1 fully saturated rings. The lowest BCUT2D eigenvalue weighted by molar-refractivity contribution is 0.0391. The van der Waals surface area contributed by atoms with E-state index in [2.05, 4.69) is 40.8 Å². The number of hydrogen-bond acceptors (Lipinski definition) is 2. The molecule has 3 heteroatoms. The van der Waals surface area contributed by atoms with Crippen LogP contribution in [-0.4, -0.2) is 28.8 Å². The molecule has 1 aliphatic heterocycles. The van der Waals surface area contributed by atoms with Gasteiger partial charge in [0, 0.05) is 29.2 Å². The number of aliphatic hydroxyl groups is 1. The topological polar surface area (TPSA) is 48.0 Å². The van der Waals surface area contributed by atoms with Crippen molar-refractivity contribution >= 4 is 16.5 Å². The maximum Gasteiger partial charge on any atom is 0.0651 e. The SMILES string of the molecule is OC1(CCc2ccc3[nH]cc(C4=CCNCC4)c3c2)CCCC1. The molecule has 3 nitrogen and oxygen atoms in total. The molecule has 1 aromatic carbocycles. The summed E-state index contributed by atoms with van der Waals surface area (Å²) in [5.41, 5.74) is 4.94. The quantitative estimate of drug-likeness (QED) is 0.805. The Bertz CT molecular complexity index is 722. The van der Waals surface area contributed by atoms with Crippen LogP contribution in [0.3, 0.4) is 0 Å². The molecule has 2 aromatic rings. The van der Waals surface area contributed by atoms with E-state index in [9.17, 15) is 5.11 Å². The highest BCUT2D eigenvalue weighted by molar-refractivity contribution is 5.93. The smallest absolute Gasteiger partial charge is 0.0651 e. The predicted octanol–water partition coefficient (Wildman–Crippen LogP) is 3.78. The first-order chi connectivity index (χ1) is 11.2. The molecule has 1 aromatic heterocycles. The van der Waals surface area contributed by atoms with E-state index in [4.69, 9.17) is 0 Å². The molecule has 122 valence electrons. The monoisotopic (exact) mass is 310 g/mol. The summed E-state index contributed by atoms with van der Waals surface area (Å²) in [4.78, 5) is 3.41. The Morgan fingerprint density at radius 3 is 2.83 bits per heavy atom. The van der Waals surface area contributed by atoms with Crippen LogP contribution in [0.1, 0.15) is 49.7 Å². The largest absolute Gasteiger partial charge is 0.390 e. The van der Waals surface area contributed by atoms with Crippen LogP contribution >= 0.6 is 0 Å². The third kappa shape index (κ3) is 3.08. The van der Waals surface area contributed by atoms with Crippen LogP contribution < -0.4 is 5.32 Å². The molecule has 0 saturated heterocycles. The van der Waals surface area contributed by atoms with Gasteiger partial charge in [-0.3, -0.25) is 0 Å². The highest BCUT2D eigenvalue weighted by atomic mass is 16.3. The maximum atomic E-state index is 10.6. The van der Waals surface area contributed by atoms with Gasteiger partial charge in [0.05, 0.1) is 5.60 Å². The van der Waals surface area contributed by atoms with Gasteiger partial charge in [-0.05, 0) is 61.9 Å². The Hall–Kier alpha value is -1.58. The first-order valence-electron chi connectivity index (χ1n) is 8.96. The molecular weight excluding hydrogens is 284 g/mol. The van der Waals surface area contributed by atoms with Gasteiger partial charge in [-0.1, -0.05) is 25.0 Å². The summed E-state index contributed by atoms with van der Waals surface area (Å²) in [6.07, 6.45) is 11.7. The van der Waals surface area contributed by atoms with Crippen molar-refractivity contribution in [1.29, 1.82) is 0 Å². The molecule has 4 rings (SSSR count). The molecular formula is C20H26N2O. The minimum absolute atomic E-state index is 0.409. The second-order valence-electron chi connectivity index (χ2n) is 7.20. The van der Waals surface area contributed by atoms with Crippen molar-refractivity contribution < 1.29 is 5.11 Å². The van der Waals surface area contributed by atoms with E-state index in [0.29, 0.717) is 0 Å². The van der Waals surface area contributed by atoms with Crippen LogP contribution in [-0.2, 0) is 6.42 Å². The average molecular weight is 310 g/mol. The third-order valence-corrected chi connectivity index (χ3v) is 5.57. The van der Waals surface area contributed by atoms with Gasteiger partial charge < -0.3 is 15.4 Å². The van der Waals surface area contributed by atoms with E-state index in [1.807, 2.05) is 0 Å². The van der Waals surface area contributed by atoms with Crippen molar-refractivity contribution in [3.63, 3.8) is 0 Å². The van der Waals surface area contributed by atoms with Crippen LogP contribution in [0.2, 0.25) is 0 Å². The van der Waals surface area contributed by atoms with Crippen LogP contribution in [0.4, 0.5) is 0 Å². The second kappa shape index (κ2) is 6.14. The van der Waals surface area contributed by atoms with Crippen molar-refractivity contribution in [3.05, 3.63) is 41.6 Å². The number of benzene rings is 1. The molecule has 3 N–H and O–H groups in total. The minimum atomic E-state index is -0.409. The molecule has 23 heavy (non-hydrogen) atoms. The first-order valence-corrected chi connectivity index (χ1v) is 8.96. The molecule has 0 unspecified atom stereocenters. The minimum Gasteiger partial charge on any atom is -0.390 e. The fourth-order valence-electron chi connectivity index (χ4n) is 4.12. The second-order valence-corrected chi connectivity index (χ2v) is 7.20. The summed E-state index contributed by atoms with van der Waals surface area (Å²) < 4.78 is 0. The van der Waals surface area contributed by atoms with E-state index in [-0.39, 0.29) is 0 Å². The van der Waals surface area contributed by atoms with Crippen molar-refractivity contribution in [2.75, 3.05) is 13.1 Å². The normalized spacial score (nSPS) is 20.8. The molecule has 0 atom stereocenters. The van der Waals surface area contributed by atoms with Gasteiger partial charge in [0.25, 0.3) is 0 Å². The summed E-state index contributed by atoms with van der Waals surface area (Å²) in [5, 5.41) is 15.3. The van der Waals surface area contributed by atoms with Crippen LogP contribution in [0.15, 0.2) is 30.5 Å². The van der Waals surface area contributed by atoms with Gasteiger partial charge in [-0.15, -0.1) is 0 Å². The fourth-order valence-corrected chi connectivity index (χ4v) is 4.12. The van der Waals surface area contributed by atoms with Crippen molar-refractivity contribution in [1.82, 2.24) is 10.3 Å². The summed E-state index contributed by atoms with van der Waals surface area (Å²) >= 11 is 0. The molecule has 2 heterocycles. The molecule has 0 spiro atoms. The number of H-pyrrole nitrogens is 1. The van der Waals surface area contributed by atoms with E-state index in [1.54, 1.807) is 0 Å². The lowest BCUT2D eigenvalue weighted by atomic mass is 9.92. The number of nitrogens with one attached hydrogen (secondary N) is 2. The Kier molecular flexibility index (Phi) is 4.00. The molecule has 1 aliphatic carbocycles. The van der Waals surface area contributed by atoms with Gasteiger partial charge in [-0.2, -0.15) is 0 Å². The lowest BCUT2D eigenvalue weighted by Gasteiger charge is -2.21. The molecule has 0 amide bonds. The van der Waals surface area contributed by atoms with Gasteiger partial charge in [0.1, 0.15) is 0 Å². The number of rotatable bonds is 4. The number of aromatic nitrogens is 1. The summed E-state index contributed by atoms with van der Waals surface area (Å²) in [5.74, 6) is 0. The van der Waals surface area contributed by atoms with Crippen molar-refractivity contribution in [2.24, 2.45) is 0 Å². The first kappa shape index (κ1) is 15.0. The summed E-state index contributed by atoms with van der Waals surface area (Å²) in [6, 6.07) is 6.72. The number of aryl methyl sites for hydroxylation is 1. The zero-order valence-electron chi connectivity index (χ0n) is 13.7.